The van der Waals surface area contributed by atoms with Gasteiger partial charge in [0.25, 0.3) is 0 Å². The minimum atomic E-state index is -0.507. The zero-order valence-corrected chi connectivity index (χ0v) is 10.5. The Bertz CT molecular complexity index is 469. The van der Waals surface area contributed by atoms with Crippen molar-refractivity contribution in [3.05, 3.63) is 35.4 Å². The lowest BCUT2D eigenvalue weighted by molar-refractivity contribution is -0.137. The number of carbonyl (C=O) groups is 1. The van der Waals surface area contributed by atoms with Crippen molar-refractivity contribution in [2.45, 2.75) is 19.4 Å². The average molecular weight is 243 g/mol. The maximum absolute atomic E-state index is 11.9. The molecule has 1 saturated heterocycles. The first-order chi connectivity index (χ1) is 8.60. The molecule has 4 nitrogen and oxygen atoms in total. The van der Waals surface area contributed by atoms with Crippen LogP contribution in [0.15, 0.2) is 24.3 Å². The molecule has 1 aliphatic heterocycles. The Morgan fingerprint density at radius 2 is 2.11 bits per heavy atom. The number of benzene rings is 1. The van der Waals surface area contributed by atoms with Gasteiger partial charge in [0.15, 0.2) is 0 Å². The summed E-state index contributed by atoms with van der Waals surface area (Å²) in [5.41, 5.74) is 8.17. The molecule has 1 heterocycles. The Balaban J connectivity index is 1.88. The summed E-state index contributed by atoms with van der Waals surface area (Å²) in [5.74, 6) is -0.0670. The third-order valence-corrected chi connectivity index (χ3v) is 3.27. The highest BCUT2D eigenvalue weighted by atomic mass is 16.2. The van der Waals surface area contributed by atoms with Gasteiger partial charge < -0.3 is 10.6 Å². The topological polar surface area (TPSA) is 70.1 Å². The summed E-state index contributed by atoms with van der Waals surface area (Å²) in [6.45, 7) is 3.07. The van der Waals surface area contributed by atoms with E-state index in [4.69, 9.17) is 11.0 Å². The van der Waals surface area contributed by atoms with Crippen LogP contribution in [-0.4, -0.2) is 29.9 Å². The molecular formula is C14H17N3O. The van der Waals surface area contributed by atoms with Gasteiger partial charge in [-0.2, -0.15) is 5.26 Å². The molecule has 0 radical (unpaired) electrons. The largest absolute Gasteiger partial charge is 0.339 e. The van der Waals surface area contributed by atoms with Crippen molar-refractivity contribution in [3.63, 3.8) is 0 Å². The van der Waals surface area contributed by atoms with Gasteiger partial charge in [-0.3, -0.25) is 4.79 Å². The molecule has 18 heavy (non-hydrogen) atoms. The molecule has 4 heteroatoms. The first-order valence-electron chi connectivity index (χ1n) is 6.09. The maximum atomic E-state index is 11.9. The molecule has 0 unspecified atom stereocenters. The summed E-state index contributed by atoms with van der Waals surface area (Å²) < 4.78 is 0. The molecule has 1 fully saturated rings. The number of hydrogen-bond acceptors (Lipinski definition) is 3. The highest BCUT2D eigenvalue weighted by Crippen LogP contribution is 2.16. The highest BCUT2D eigenvalue weighted by molar-refractivity contribution is 5.82. The van der Waals surface area contributed by atoms with Gasteiger partial charge in [0.2, 0.25) is 5.91 Å². The van der Waals surface area contributed by atoms with Crippen LogP contribution in [0.25, 0.3) is 0 Å². The van der Waals surface area contributed by atoms with E-state index in [2.05, 4.69) is 6.07 Å². The highest BCUT2D eigenvalue weighted by Gasteiger charge is 2.32. The van der Waals surface area contributed by atoms with E-state index in [-0.39, 0.29) is 11.8 Å². The Morgan fingerprint density at radius 3 is 2.67 bits per heavy atom. The average Bonchev–Trinajstić information content (AvgIpc) is 2.30. The van der Waals surface area contributed by atoms with Crippen LogP contribution in [0, 0.1) is 24.2 Å². The van der Waals surface area contributed by atoms with E-state index in [1.165, 1.54) is 5.56 Å². The summed E-state index contributed by atoms with van der Waals surface area (Å²) in [4.78, 5) is 13.6. The number of nitrogens with two attached hydrogens (primary N) is 1. The van der Waals surface area contributed by atoms with Crippen molar-refractivity contribution in [1.29, 1.82) is 5.26 Å². The third-order valence-electron chi connectivity index (χ3n) is 3.27. The van der Waals surface area contributed by atoms with E-state index in [0.29, 0.717) is 19.5 Å². The summed E-state index contributed by atoms with van der Waals surface area (Å²) in [7, 11) is 0. The van der Waals surface area contributed by atoms with Gasteiger partial charge in [-0.15, -0.1) is 0 Å². The van der Waals surface area contributed by atoms with Gasteiger partial charge in [-0.05, 0) is 18.9 Å². The monoisotopic (exact) mass is 243 g/mol. The molecule has 1 aliphatic rings. The normalized spacial score (nSPS) is 16.8. The number of rotatable bonds is 3. The predicted molar refractivity (Wildman–Crippen MR) is 68.5 cm³/mol. The molecular weight excluding hydrogens is 226 g/mol. The zero-order chi connectivity index (χ0) is 13.1. The Labute approximate surface area is 107 Å². The van der Waals surface area contributed by atoms with Gasteiger partial charge in [0.05, 0.1) is 18.0 Å². The van der Waals surface area contributed by atoms with Gasteiger partial charge in [-0.25, -0.2) is 0 Å². The van der Waals surface area contributed by atoms with E-state index in [0.717, 1.165) is 5.56 Å². The molecule has 1 aromatic carbocycles. The molecule has 0 aliphatic carbocycles. The number of likely N-dealkylation sites (tertiary alicyclic amines) is 1. The van der Waals surface area contributed by atoms with Gasteiger partial charge in [0.1, 0.15) is 0 Å². The molecule has 0 spiro atoms. The molecule has 2 N–H and O–H groups in total. The fourth-order valence-corrected chi connectivity index (χ4v) is 2.04. The fourth-order valence-electron chi connectivity index (χ4n) is 2.04. The van der Waals surface area contributed by atoms with Crippen LogP contribution in [0.1, 0.15) is 11.1 Å². The van der Waals surface area contributed by atoms with E-state index in [9.17, 15) is 4.79 Å². The van der Waals surface area contributed by atoms with E-state index in [1.807, 2.05) is 31.2 Å². The number of amides is 1. The minimum Gasteiger partial charge on any atom is -0.339 e. The summed E-state index contributed by atoms with van der Waals surface area (Å²) in [5, 5.41) is 8.67. The Kier molecular flexibility index (Phi) is 3.63. The lowest BCUT2D eigenvalue weighted by atomic mass is 9.98. The molecule has 1 atom stereocenters. The van der Waals surface area contributed by atoms with Gasteiger partial charge in [-0.1, -0.05) is 29.8 Å². The predicted octanol–water partition coefficient (Wildman–Crippen LogP) is 0.847. The van der Waals surface area contributed by atoms with Crippen LogP contribution < -0.4 is 5.73 Å². The number of aryl methyl sites for hydroxylation is 1. The zero-order valence-electron chi connectivity index (χ0n) is 10.5. The van der Waals surface area contributed by atoms with Gasteiger partial charge >= 0.3 is 0 Å². The molecule has 0 bridgehead atoms. The second kappa shape index (κ2) is 5.19. The van der Waals surface area contributed by atoms with E-state index >= 15 is 0 Å². The van der Waals surface area contributed by atoms with E-state index < -0.39 is 6.04 Å². The summed E-state index contributed by atoms with van der Waals surface area (Å²) in [6.07, 6.45) is 0.548. The standard InChI is InChI=1S/C14H17N3O/c1-10-2-4-11(5-3-10)6-13(16)14(18)17-8-12(7-15)9-17/h2-5,12-13H,6,8-9,16H2,1H3/t13-/m0/s1. The quantitative estimate of drug-likeness (QED) is 0.855. The van der Waals surface area contributed by atoms with Crippen molar-refractivity contribution in [1.82, 2.24) is 4.90 Å². The first-order valence-corrected chi connectivity index (χ1v) is 6.09. The lowest BCUT2D eigenvalue weighted by Gasteiger charge is -2.36. The number of nitrogens with zero attached hydrogens (tertiary/aromatic N) is 2. The minimum absolute atomic E-state index is 0.0134. The Hall–Kier alpha value is -1.86. The molecule has 1 aromatic rings. The maximum Gasteiger partial charge on any atom is 0.239 e. The van der Waals surface area contributed by atoms with Crippen LogP contribution >= 0.6 is 0 Å². The smallest absolute Gasteiger partial charge is 0.239 e. The number of carbonyl (C=O) groups excluding carboxylic acids is 1. The molecule has 94 valence electrons. The number of nitriles is 1. The molecule has 0 saturated carbocycles. The molecule has 2 rings (SSSR count). The number of hydrogen-bond donors (Lipinski definition) is 1. The first kappa shape index (κ1) is 12.6. The fraction of sp³-hybridized carbons (Fsp3) is 0.429. The van der Waals surface area contributed by atoms with Crippen molar-refractivity contribution < 1.29 is 4.79 Å². The van der Waals surface area contributed by atoms with E-state index in [1.54, 1.807) is 4.90 Å². The molecule has 0 aromatic heterocycles. The second-order valence-electron chi connectivity index (χ2n) is 4.87. The van der Waals surface area contributed by atoms with Crippen molar-refractivity contribution in [2.75, 3.05) is 13.1 Å². The van der Waals surface area contributed by atoms with Crippen LogP contribution in [0.2, 0.25) is 0 Å². The SMILES string of the molecule is Cc1ccc(C[C@H](N)C(=O)N2CC(C#N)C2)cc1. The van der Waals surface area contributed by atoms with Crippen LogP contribution in [0.3, 0.4) is 0 Å². The van der Waals surface area contributed by atoms with Crippen LogP contribution in [-0.2, 0) is 11.2 Å². The van der Waals surface area contributed by atoms with Gasteiger partial charge in [0, 0.05) is 13.1 Å². The lowest BCUT2D eigenvalue weighted by Crippen LogP contribution is -2.55. The Morgan fingerprint density at radius 1 is 1.50 bits per heavy atom. The molecule has 1 amide bonds. The van der Waals surface area contributed by atoms with Crippen molar-refractivity contribution >= 4 is 5.91 Å². The summed E-state index contributed by atoms with van der Waals surface area (Å²) in [6, 6.07) is 9.66. The van der Waals surface area contributed by atoms with Crippen LogP contribution in [0.4, 0.5) is 0 Å². The summed E-state index contributed by atoms with van der Waals surface area (Å²) >= 11 is 0. The van der Waals surface area contributed by atoms with Crippen LogP contribution in [0.5, 0.6) is 0 Å². The third kappa shape index (κ3) is 2.69. The van der Waals surface area contributed by atoms with Crippen molar-refractivity contribution in [2.24, 2.45) is 11.7 Å². The van der Waals surface area contributed by atoms with Crippen molar-refractivity contribution in [3.8, 4) is 6.07 Å². The second-order valence-corrected chi connectivity index (χ2v) is 4.87.